The van der Waals surface area contributed by atoms with Crippen LogP contribution in [0, 0.1) is 0 Å². The molecule has 0 aliphatic rings. The second-order valence-electron chi connectivity index (χ2n) is 6.30. The Morgan fingerprint density at radius 1 is 1.11 bits per heavy atom. The second kappa shape index (κ2) is 7.33. The summed E-state index contributed by atoms with van der Waals surface area (Å²) in [5.41, 5.74) is 2.81. The fourth-order valence-corrected chi connectivity index (χ4v) is 2.83. The molecule has 0 unspecified atom stereocenters. The highest BCUT2D eigenvalue weighted by Crippen LogP contribution is 2.22. The monoisotopic (exact) mass is 358 g/mol. The molecule has 0 saturated heterocycles. The van der Waals surface area contributed by atoms with Crippen molar-refractivity contribution in [1.29, 1.82) is 0 Å². The van der Waals surface area contributed by atoms with E-state index in [1.807, 2.05) is 37.5 Å². The molecule has 27 heavy (non-hydrogen) atoms. The molecule has 0 aliphatic carbocycles. The summed E-state index contributed by atoms with van der Waals surface area (Å²) in [7, 11) is 1.87. The van der Waals surface area contributed by atoms with Crippen LogP contribution in [-0.2, 0) is 18.3 Å². The Labute approximate surface area is 156 Å². The molecule has 134 valence electrons. The summed E-state index contributed by atoms with van der Waals surface area (Å²) in [5.74, 6) is 0.453. The summed E-state index contributed by atoms with van der Waals surface area (Å²) in [4.78, 5) is 25.0. The van der Waals surface area contributed by atoms with E-state index in [1.54, 1.807) is 35.7 Å². The number of nitrogens with one attached hydrogen (secondary N) is 1. The number of fused-ring (bicyclic) bond motifs is 1. The van der Waals surface area contributed by atoms with Crippen LogP contribution in [0.15, 0.2) is 61.4 Å². The number of hydrogen-bond acceptors (Lipinski definition) is 5. The summed E-state index contributed by atoms with van der Waals surface area (Å²) in [6.45, 7) is 0. The van der Waals surface area contributed by atoms with Gasteiger partial charge in [-0.3, -0.25) is 19.4 Å². The highest BCUT2D eigenvalue weighted by atomic mass is 16.1. The van der Waals surface area contributed by atoms with E-state index in [0.29, 0.717) is 18.7 Å². The van der Waals surface area contributed by atoms with Crippen molar-refractivity contribution in [3.8, 4) is 11.3 Å². The van der Waals surface area contributed by atoms with E-state index in [4.69, 9.17) is 0 Å². The van der Waals surface area contributed by atoms with Crippen molar-refractivity contribution in [3.63, 3.8) is 0 Å². The maximum absolute atomic E-state index is 12.2. The maximum atomic E-state index is 12.2. The number of pyridine rings is 3. The van der Waals surface area contributed by atoms with Crippen LogP contribution in [0.3, 0.4) is 0 Å². The minimum atomic E-state index is -0.0766. The number of hydrogen-bond donors (Lipinski definition) is 1. The van der Waals surface area contributed by atoms with Gasteiger partial charge >= 0.3 is 0 Å². The molecular weight excluding hydrogens is 340 g/mol. The van der Waals surface area contributed by atoms with E-state index in [-0.39, 0.29) is 5.91 Å². The Morgan fingerprint density at radius 2 is 2.00 bits per heavy atom. The van der Waals surface area contributed by atoms with Crippen molar-refractivity contribution >= 4 is 22.5 Å². The number of aromatic nitrogens is 5. The number of rotatable bonds is 5. The van der Waals surface area contributed by atoms with Crippen molar-refractivity contribution in [3.05, 3.63) is 67.0 Å². The third kappa shape index (κ3) is 3.98. The molecule has 4 aromatic rings. The largest absolute Gasteiger partial charge is 0.311 e. The van der Waals surface area contributed by atoms with Gasteiger partial charge in [0.2, 0.25) is 5.91 Å². The molecule has 0 spiro atoms. The van der Waals surface area contributed by atoms with E-state index < -0.39 is 0 Å². The lowest BCUT2D eigenvalue weighted by molar-refractivity contribution is -0.116. The third-order valence-corrected chi connectivity index (χ3v) is 4.23. The average Bonchev–Trinajstić information content (AvgIpc) is 3.13. The molecular formula is C20H18N6O. The van der Waals surface area contributed by atoms with Crippen LogP contribution in [-0.4, -0.2) is 30.6 Å². The molecule has 0 radical (unpaired) electrons. The molecule has 0 fully saturated rings. The zero-order chi connectivity index (χ0) is 18.6. The number of aryl methyl sites for hydroxylation is 2. The summed E-state index contributed by atoms with van der Waals surface area (Å²) in [6, 6.07) is 7.66. The number of anilines is 1. The van der Waals surface area contributed by atoms with Gasteiger partial charge in [0.15, 0.2) is 0 Å². The number of carbonyl (C=O) groups is 1. The lowest BCUT2D eigenvalue weighted by atomic mass is 10.1. The number of carbonyl (C=O) groups excluding carboxylic acids is 1. The third-order valence-electron chi connectivity index (χ3n) is 4.23. The lowest BCUT2D eigenvalue weighted by Gasteiger charge is -2.06. The normalized spacial score (nSPS) is 10.9. The van der Waals surface area contributed by atoms with Crippen LogP contribution in [0.4, 0.5) is 5.82 Å². The average molecular weight is 358 g/mol. The Hall–Kier alpha value is -3.61. The second-order valence-corrected chi connectivity index (χ2v) is 6.30. The fourth-order valence-electron chi connectivity index (χ4n) is 2.83. The van der Waals surface area contributed by atoms with Crippen LogP contribution in [0.2, 0.25) is 0 Å². The SMILES string of the molecule is Cn1cc(-c2cc3cc(NC(=O)CCc4cccnc4)ncc3cn2)cn1. The van der Waals surface area contributed by atoms with Gasteiger partial charge in [0.1, 0.15) is 5.82 Å². The molecule has 1 N–H and O–H groups in total. The highest BCUT2D eigenvalue weighted by molar-refractivity contribution is 5.93. The van der Waals surface area contributed by atoms with Crippen molar-refractivity contribution in [2.24, 2.45) is 7.05 Å². The molecule has 0 aliphatic heterocycles. The van der Waals surface area contributed by atoms with Gasteiger partial charge in [-0.25, -0.2) is 4.98 Å². The predicted molar refractivity (Wildman–Crippen MR) is 103 cm³/mol. The van der Waals surface area contributed by atoms with E-state index in [1.165, 1.54) is 0 Å². The smallest absolute Gasteiger partial charge is 0.225 e. The van der Waals surface area contributed by atoms with Crippen molar-refractivity contribution in [1.82, 2.24) is 24.7 Å². The zero-order valence-electron chi connectivity index (χ0n) is 14.8. The van der Waals surface area contributed by atoms with Crippen molar-refractivity contribution < 1.29 is 4.79 Å². The molecule has 0 atom stereocenters. The van der Waals surface area contributed by atoms with Crippen LogP contribution >= 0.6 is 0 Å². The fraction of sp³-hybridized carbons (Fsp3) is 0.150. The standard InChI is InChI=1S/C20H18N6O/c1-26-13-17(12-24-26)18-7-15-8-19(23-11-16(15)10-22-18)25-20(27)5-4-14-3-2-6-21-9-14/h2-3,6-13H,4-5H2,1H3,(H,23,25,27). The van der Waals surface area contributed by atoms with E-state index in [2.05, 4.69) is 25.4 Å². The molecule has 4 rings (SSSR count). The van der Waals surface area contributed by atoms with Gasteiger partial charge in [-0.2, -0.15) is 5.10 Å². The molecule has 1 amide bonds. The van der Waals surface area contributed by atoms with Gasteiger partial charge in [-0.05, 0) is 35.6 Å². The van der Waals surface area contributed by atoms with Crippen molar-refractivity contribution in [2.45, 2.75) is 12.8 Å². The molecule has 4 aromatic heterocycles. The zero-order valence-corrected chi connectivity index (χ0v) is 14.8. The first-order valence-corrected chi connectivity index (χ1v) is 8.61. The van der Waals surface area contributed by atoms with Crippen LogP contribution in [0.25, 0.3) is 22.0 Å². The predicted octanol–water partition coefficient (Wildman–Crippen LogP) is 3.00. The Morgan fingerprint density at radius 3 is 2.78 bits per heavy atom. The summed E-state index contributed by atoms with van der Waals surface area (Å²) in [6.07, 6.45) is 11.7. The topological polar surface area (TPSA) is 85.6 Å². The number of amides is 1. The van der Waals surface area contributed by atoms with Gasteiger partial charge in [-0.15, -0.1) is 0 Å². The molecule has 4 heterocycles. The van der Waals surface area contributed by atoms with E-state index >= 15 is 0 Å². The van der Waals surface area contributed by atoms with Crippen LogP contribution in [0.1, 0.15) is 12.0 Å². The van der Waals surface area contributed by atoms with Crippen LogP contribution in [0.5, 0.6) is 0 Å². The first-order valence-electron chi connectivity index (χ1n) is 8.61. The van der Waals surface area contributed by atoms with Gasteiger partial charge in [-0.1, -0.05) is 6.07 Å². The maximum Gasteiger partial charge on any atom is 0.225 e. The quantitative estimate of drug-likeness (QED) is 0.593. The van der Waals surface area contributed by atoms with Gasteiger partial charge < -0.3 is 5.32 Å². The van der Waals surface area contributed by atoms with Crippen LogP contribution < -0.4 is 5.32 Å². The minimum Gasteiger partial charge on any atom is -0.311 e. The van der Waals surface area contributed by atoms with E-state index in [0.717, 1.165) is 27.6 Å². The molecule has 0 saturated carbocycles. The van der Waals surface area contributed by atoms with Gasteiger partial charge in [0, 0.05) is 55.4 Å². The Kier molecular flexibility index (Phi) is 4.57. The summed E-state index contributed by atoms with van der Waals surface area (Å²) < 4.78 is 1.74. The Bertz CT molecular complexity index is 1090. The molecule has 7 heteroatoms. The summed E-state index contributed by atoms with van der Waals surface area (Å²) >= 11 is 0. The van der Waals surface area contributed by atoms with Gasteiger partial charge in [0.05, 0.1) is 11.9 Å². The van der Waals surface area contributed by atoms with Gasteiger partial charge in [0.25, 0.3) is 0 Å². The molecule has 0 aromatic carbocycles. The molecule has 7 nitrogen and oxygen atoms in total. The first kappa shape index (κ1) is 16.8. The lowest BCUT2D eigenvalue weighted by Crippen LogP contribution is -2.13. The minimum absolute atomic E-state index is 0.0766. The molecule has 0 bridgehead atoms. The number of nitrogens with zero attached hydrogens (tertiary/aromatic N) is 5. The first-order chi connectivity index (χ1) is 13.2. The highest BCUT2D eigenvalue weighted by Gasteiger charge is 2.07. The van der Waals surface area contributed by atoms with Crippen molar-refractivity contribution in [2.75, 3.05) is 5.32 Å². The summed E-state index contributed by atoms with van der Waals surface area (Å²) in [5, 5.41) is 8.91. The Balaban J connectivity index is 1.49. The van der Waals surface area contributed by atoms with E-state index in [9.17, 15) is 4.79 Å².